The quantitative estimate of drug-likeness (QED) is 0.618. The molecule has 11 heteroatoms. The summed E-state index contributed by atoms with van der Waals surface area (Å²) in [6, 6.07) is -1.44. The highest BCUT2D eigenvalue weighted by molar-refractivity contribution is 6.76. The summed E-state index contributed by atoms with van der Waals surface area (Å²) in [6.07, 6.45) is -4.69. The van der Waals surface area contributed by atoms with Crippen molar-refractivity contribution >= 4 is 22.3 Å². The number of hydrazine groups is 1. The van der Waals surface area contributed by atoms with Gasteiger partial charge in [-0.3, -0.25) is 0 Å². The molecule has 136 valence electrons. The molecule has 0 bridgehead atoms. The minimum Gasteiger partial charge on any atom is -0.359 e. The average molecular weight is 385 g/mol. The molecule has 1 atom stereocenters. The lowest BCUT2D eigenvalue weighted by atomic mass is 10.0. The molecular weight excluding hydrogens is 374 g/mol. The predicted octanol–water partition coefficient (Wildman–Crippen LogP) is 3.61. The van der Waals surface area contributed by atoms with E-state index in [0.717, 1.165) is 6.92 Å². The average Bonchev–Trinajstić information content (AvgIpc) is 2.45. The number of halogens is 7. The molecule has 0 amide bonds. The maximum absolute atomic E-state index is 14.1. The van der Waals surface area contributed by atoms with E-state index in [9.17, 15) is 26.3 Å². The molecular formula is C14H11ClF6N4. The summed E-state index contributed by atoms with van der Waals surface area (Å²) in [5, 5.41) is 1.99. The zero-order valence-electron chi connectivity index (χ0n) is 12.6. The zero-order chi connectivity index (χ0) is 19.1. The molecule has 0 saturated carbocycles. The van der Waals surface area contributed by atoms with Crippen molar-refractivity contribution in [2.45, 2.75) is 19.1 Å². The first-order valence-corrected chi connectivity index (χ1v) is 7.02. The van der Waals surface area contributed by atoms with Crippen molar-refractivity contribution in [1.82, 2.24) is 10.3 Å². The highest BCUT2D eigenvalue weighted by atomic mass is 35.5. The maximum Gasteiger partial charge on any atom is 0.408 e. The lowest BCUT2D eigenvalue weighted by molar-refractivity contribution is -0.150. The minimum atomic E-state index is -4.69. The molecule has 0 spiro atoms. The van der Waals surface area contributed by atoms with Gasteiger partial charge in [0.1, 0.15) is 40.3 Å². The molecule has 4 nitrogen and oxygen atoms in total. The molecule has 2 rings (SSSR count). The second kappa shape index (κ2) is 6.60. The number of hydrogen-bond acceptors (Lipinski definition) is 4. The fourth-order valence-corrected chi connectivity index (χ4v) is 2.28. The van der Waals surface area contributed by atoms with Crippen LogP contribution in [0.25, 0.3) is 5.57 Å². The van der Waals surface area contributed by atoms with Gasteiger partial charge in [0.25, 0.3) is 0 Å². The number of alkyl halides is 3. The Morgan fingerprint density at radius 1 is 1.24 bits per heavy atom. The van der Waals surface area contributed by atoms with Gasteiger partial charge in [-0.25, -0.2) is 29.0 Å². The van der Waals surface area contributed by atoms with Gasteiger partial charge in [0.2, 0.25) is 0 Å². The molecule has 0 aliphatic carbocycles. The fourth-order valence-electron chi connectivity index (χ4n) is 2.00. The van der Waals surface area contributed by atoms with E-state index in [1.54, 1.807) is 0 Å². The Balaban J connectivity index is 2.70. The molecule has 0 saturated heterocycles. The molecule has 1 heterocycles. The first-order valence-electron chi connectivity index (χ1n) is 6.64. The van der Waals surface area contributed by atoms with Gasteiger partial charge in [-0.05, 0) is 6.92 Å². The Bertz CT molecular complexity index is 763. The van der Waals surface area contributed by atoms with Crippen LogP contribution < -0.4 is 11.2 Å². The van der Waals surface area contributed by atoms with E-state index < -0.39 is 51.8 Å². The summed E-state index contributed by atoms with van der Waals surface area (Å²) in [6.45, 7) is 4.14. The van der Waals surface area contributed by atoms with E-state index in [1.807, 2.05) is 5.32 Å². The fraction of sp³-hybridized carbons (Fsp3) is 0.214. The number of nitrogens with two attached hydrogens (primary N) is 1. The molecule has 3 N–H and O–H groups in total. The molecule has 0 radical (unpaired) electrons. The summed E-state index contributed by atoms with van der Waals surface area (Å²) in [5.74, 6) is 0.753. The van der Waals surface area contributed by atoms with Crippen LogP contribution in [-0.2, 0) is 0 Å². The van der Waals surface area contributed by atoms with Gasteiger partial charge in [0.15, 0.2) is 0 Å². The second-order valence-corrected chi connectivity index (χ2v) is 5.42. The van der Waals surface area contributed by atoms with Crippen molar-refractivity contribution in [3.8, 4) is 0 Å². The summed E-state index contributed by atoms with van der Waals surface area (Å²) in [5.41, 5.74) is -1.47. The van der Waals surface area contributed by atoms with Gasteiger partial charge in [-0.15, -0.1) is 0 Å². The van der Waals surface area contributed by atoms with Crippen LogP contribution in [0.3, 0.4) is 0 Å². The van der Waals surface area contributed by atoms with E-state index >= 15 is 0 Å². The standard InChI is InChI=1S/C14H11ClF6N4/c1-5(14(19,20)21)23-13-11(12(15)24-6(2)25(13)22)10-8(17)3-7(16)4-9(10)18/h3-5,23H,2,22H2,1H3/t5-/m0/s1. The van der Waals surface area contributed by atoms with Crippen molar-refractivity contribution in [3.63, 3.8) is 0 Å². The van der Waals surface area contributed by atoms with Gasteiger partial charge in [0, 0.05) is 12.1 Å². The number of hydrogen-bond donors (Lipinski definition) is 2. The Kier molecular flexibility index (Phi) is 5.05. The van der Waals surface area contributed by atoms with Crippen LogP contribution in [0.5, 0.6) is 0 Å². The highest BCUT2D eigenvalue weighted by Crippen LogP contribution is 2.33. The van der Waals surface area contributed by atoms with Gasteiger partial charge < -0.3 is 5.32 Å². The van der Waals surface area contributed by atoms with Crippen LogP contribution in [0.15, 0.2) is 35.3 Å². The Hall–Kier alpha value is -2.20. The normalized spacial score (nSPS) is 16.9. The first-order chi connectivity index (χ1) is 11.4. The number of benzene rings is 1. The second-order valence-electron chi connectivity index (χ2n) is 5.06. The van der Waals surface area contributed by atoms with Crippen molar-refractivity contribution in [2.75, 3.05) is 0 Å². The number of nitrogens with one attached hydrogen (secondary N) is 1. The van der Waals surface area contributed by atoms with Crippen molar-refractivity contribution in [2.24, 2.45) is 10.8 Å². The van der Waals surface area contributed by atoms with E-state index in [2.05, 4.69) is 11.6 Å². The maximum atomic E-state index is 14.1. The third kappa shape index (κ3) is 3.74. The van der Waals surface area contributed by atoms with E-state index in [0.29, 0.717) is 17.1 Å². The van der Waals surface area contributed by atoms with Gasteiger partial charge in [-0.2, -0.15) is 13.2 Å². The first kappa shape index (κ1) is 19.1. The van der Waals surface area contributed by atoms with Crippen molar-refractivity contribution in [1.29, 1.82) is 0 Å². The molecule has 0 aromatic heterocycles. The molecule has 0 unspecified atom stereocenters. The Morgan fingerprint density at radius 3 is 2.24 bits per heavy atom. The van der Waals surface area contributed by atoms with Crippen molar-refractivity contribution in [3.05, 3.63) is 53.4 Å². The molecule has 1 aliphatic rings. The summed E-state index contributed by atoms with van der Waals surface area (Å²) in [4.78, 5) is 3.63. The molecule has 1 aromatic rings. The lowest BCUT2D eigenvalue weighted by Gasteiger charge is -2.32. The Labute approximate surface area is 143 Å². The lowest BCUT2D eigenvalue weighted by Crippen LogP contribution is -2.47. The predicted molar refractivity (Wildman–Crippen MR) is 80.3 cm³/mol. The third-order valence-electron chi connectivity index (χ3n) is 3.29. The third-order valence-corrected chi connectivity index (χ3v) is 3.56. The summed E-state index contributed by atoms with van der Waals surface area (Å²) < 4.78 is 79.8. The molecule has 1 aromatic carbocycles. The molecule has 25 heavy (non-hydrogen) atoms. The highest BCUT2D eigenvalue weighted by Gasteiger charge is 2.39. The summed E-state index contributed by atoms with van der Waals surface area (Å²) in [7, 11) is 0. The van der Waals surface area contributed by atoms with Crippen LogP contribution in [-0.4, -0.2) is 22.4 Å². The topological polar surface area (TPSA) is 53.7 Å². The minimum absolute atomic E-state index is 0.270. The SMILES string of the molecule is C=C1N=C(Cl)C(c2c(F)cc(F)cc2F)=C(N[C@@H](C)C(F)(F)F)N1N. The molecule has 0 fully saturated rings. The number of aliphatic imine (C=N–C) groups is 1. The monoisotopic (exact) mass is 384 g/mol. The van der Waals surface area contributed by atoms with Crippen LogP contribution in [0.1, 0.15) is 12.5 Å². The summed E-state index contributed by atoms with van der Waals surface area (Å²) >= 11 is 5.85. The van der Waals surface area contributed by atoms with E-state index in [1.165, 1.54) is 0 Å². The number of allylic oxidation sites excluding steroid dienone is 1. The van der Waals surface area contributed by atoms with Crippen molar-refractivity contribution < 1.29 is 26.3 Å². The smallest absolute Gasteiger partial charge is 0.359 e. The largest absolute Gasteiger partial charge is 0.408 e. The van der Waals surface area contributed by atoms with Gasteiger partial charge in [-0.1, -0.05) is 18.2 Å². The number of rotatable bonds is 3. The van der Waals surface area contributed by atoms with Gasteiger partial charge in [0.05, 0.1) is 11.1 Å². The zero-order valence-corrected chi connectivity index (χ0v) is 13.3. The number of nitrogens with zero attached hydrogens (tertiary/aromatic N) is 2. The molecule has 1 aliphatic heterocycles. The van der Waals surface area contributed by atoms with E-state index in [-0.39, 0.29) is 5.82 Å². The Morgan fingerprint density at radius 2 is 1.76 bits per heavy atom. The van der Waals surface area contributed by atoms with Crippen LogP contribution in [0.2, 0.25) is 0 Å². The van der Waals surface area contributed by atoms with Crippen LogP contribution in [0, 0.1) is 17.5 Å². The van der Waals surface area contributed by atoms with Crippen LogP contribution >= 0.6 is 11.6 Å². The van der Waals surface area contributed by atoms with Gasteiger partial charge >= 0.3 is 6.18 Å². The van der Waals surface area contributed by atoms with Crippen LogP contribution in [0.4, 0.5) is 26.3 Å². The van der Waals surface area contributed by atoms with E-state index in [4.69, 9.17) is 17.4 Å².